The van der Waals surface area contributed by atoms with Gasteiger partial charge in [-0.25, -0.2) is 0 Å². The van der Waals surface area contributed by atoms with Crippen LogP contribution < -0.4 is 4.18 Å². The maximum atomic E-state index is 12.1. The molecule has 1 aromatic carbocycles. The van der Waals surface area contributed by atoms with Crippen molar-refractivity contribution in [3.63, 3.8) is 0 Å². The van der Waals surface area contributed by atoms with E-state index in [2.05, 4.69) is 12.8 Å². The van der Waals surface area contributed by atoms with Gasteiger partial charge in [-0.3, -0.25) is 0 Å². The van der Waals surface area contributed by atoms with Crippen LogP contribution in [0.15, 0.2) is 18.2 Å². The molecule has 6 heteroatoms. The monoisotopic (exact) mass is 418 g/mol. The molecule has 6 atom stereocenters. The molecule has 0 saturated heterocycles. The summed E-state index contributed by atoms with van der Waals surface area (Å²) >= 11 is 0. The normalized spacial score (nSPS) is 37.0. The number of rotatable bonds is 4. The van der Waals surface area contributed by atoms with Gasteiger partial charge >= 0.3 is 10.1 Å². The summed E-state index contributed by atoms with van der Waals surface area (Å²) in [6.45, 7) is 3.76. The summed E-state index contributed by atoms with van der Waals surface area (Å²) < 4.78 is 29.3. The fourth-order valence-corrected chi connectivity index (χ4v) is 7.15. The molecular weight excluding hydrogens is 388 g/mol. The molecule has 29 heavy (non-hydrogen) atoms. The average molecular weight is 419 g/mol. The van der Waals surface area contributed by atoms with Crippen LogP contribution in [0, 0.1) is 29.6 Å². The molecule has 4 rings (SSSR count). The lowest BCUT2D eigenvalue weighted by atomic mass is 9.53. The molecule has 3 aliphatic carbocycles. The molecule has 2 saturated carbocycles. The summed E-state index contributed by atoms with van der Waals surface area (Å²) in [5, 5.41) is 20.7. The smallest absolute Gasteiger partial charge is 0.336 e. The summed E-state index contributed by atoms with van der Waals surface area (Å²) in [4.78, 5) is 0. The zero-order valence-corrected chi connectivity index (χ0v) is 17.9. The maximum absolute atomic E-state index is 12.1. The van der Waals surface area contributed by atoms with Crippen molar-refractivity contribution in [3.05, 3.63) is 29.3 Å². The van der Waals surface area contributed by atoms with Gasteiger partial charge in [0.05, 0.1) is 0 Å². The fraction of sp³-hybridized carbons (Fsp3) is 0.652. The van der Waals surface area contributed by atoms with Gasteiger partial charge in [0, 0.05) is 5.41 Å². The third-order valence-electron chi connectivity index (χ3n) is 7.98. The second-order valence-corrected chi connectivity index (χ2v) is 10.9. The van der Waals surface area contributed by atoms with Gasteiger partial charge in [-0.2, -0.15) is 8.42 Å². The van der Waals surface area contributed by atoms with Crippen molar-refractivity contribution >= 4 is 10.1 Å². The van der Waals surface area contributed by atoms with Crippen molar-refractivity contribution in [3.8, 4) is 18.1 Å². The molecule has 0 amide bonds. The van der Waals surface area contributed by atoms with Gasteiger partial charge in [0.1, 0.15) is 11.4 Å². The molecule has 0 heterocycles. The molecule has 0 spiro atoms. The molecule has 0 bridgehead atoms. The Kier molecular flexibility index (Phi) is 5.00. The van der Waals surface area contributed by atoms with Crippen LogP contribution in [0.25, 0.3) is 0 Å². The van der Waals surface area contributed by atoms with Crippen LogP contribution in [0.2, 0.25) is 0 Å². The van der Waals surface area contributed by atoms with E-state index >= 15 is 0 Å². The Balaban J connectivity index is 1.59. The Hall–Kier alpha value is -1.55. The number of fused-ring (bicyclic) bond motifs is 5. The zero-order valence-electron chi connectivity index (χ0n) is 17.1. The molecule has 0 aromatic heterocycles. The van der Waals surface area contributed by atoms with E-state index in [4.69, 9.17) is 10.6 Å². The van der Waals surface area contributed by atoms with Crippen molar-refractivity contribution in [2.45, 2.75) is 75.7 Å². The molecule has 158 valence electrons. The minimum absolute atomic E-state index is 0.0845. The highest BCUT2D eigenvalue weighted by Crippen LogP contribution is 2.64. The molecule has 1 aromatic rings. The minimum Gasteiger partial charge on any atom is -0.381 e. The first kappa shape index (κ1) is 20.7. The van der Waals surface area contributed by atoms with Gasteiger partial charge in [0.25, 0.3) is 0 Å². The van der Waals surface area contributed by atoms with Gasteiger partial charge in [-0.1, -0.05) is 25.8 Å². The minimum atomic E-state index is -4.04. The van der Waals surface area contributed by atoms with Crippen LogP contribution in [0.1, 0.15) is 69.4 Å². The van der Waals surface area contributed by atoms with Gasteiger partial charge < -0.3 is 14.4 Å². The van der Waals surface area contributed by atoms with Gasteiger partial charge in [-0.15, -0.1) is 6.42 Å². The van der Waals surface area contributed by atoms with E-state index in [1.165, 1.54) is 5.56 Å². The van der Waals surface area contributed by atoms with Crippen LogP contribution in [0.3, 0.4) is 0 Å². The number of hydrogen-bond donors (Lipinski definition) is 2. The van der Waals surface area contributed by atoms with Gasteiger partial charge in [-0.05, 0) is 86.0 Å². The summed E-state index contributed by atoms with van der Waals surface area (Å²) in [6, 6.07) is 5.49. The van der Waals surface area contributed by atoms with Crippen molar-refractivity contribution in [1.29, 1.82) is 0 Å². The predicted octanol–water partition coefficient (Wildman–Crippen LogP) is 3.34. The largest absolute Gasteiger partial charge is 0.381 e. The lowest BCUT2D eigenvalue weighted by Gasteiger charge is -2.52. The van der Waals surface area contributed by atoms with E-state index in [0.29, 0.717) is 24.2 Å². The van der Waals surface area contributed by atoms with Crippen LogP contribution in [-0.4, -0.2) is 29.7 Å². The van der Waals surface area contributed by atoms with Crippen LogP contribution >= 0.6 is 0 Å². The van der Waals surface area contributed by atoms with Crippen molar-refractivity contribution < 1.29 is 22.8 Å². The first-order chi connectivity index (χ1) is 13.6. The second kappa shape index (κ2) is 7.01. The molecule has 0 aliphatic heterocycles. The Bertz CT molecular complexity index is 949. The fourth-order valence-electron chi connectivity index (χ4n) is 6.26. The maximum Gasteiger partial charge on any atom is 0.336 e. The average Bonchev–Trinajstić information content (AvgIpc) is 2.98. The Morgan fingerprint density at radius 2 is 2.07 bits per heavy atom. The first-order valence-corrected chi connectivity index (χ1v) is 12.1. The summed E-state index contributed by atoms with van der Waals surface area (Å²) in [5.41, 5.74) is -0.363. The highest BCUT2D eigenvalue weighted by atomic mass is 32.2. The van der Waals surface area contributed by atoms with E-state index in [0.717, 1.165) is 37.7 Å². The Morgan fingerprint density at radius 3 is 2.76 bits per heavy atom. The van der Waals surface area contributed by atoms with E-state index in [1.54, 1.807) is 13.0 Å². The van der Waals surface area contributed by atoms with Gasteiger partial charge in [0.2, 0.25) is 0 Å². The Morgan fingerprint density at radius 1 is 1.31 bits per heavy atom. The van der Waals surface area contributed by atoms with E-state index in [9.17, 15) is 18.6 Å². The Labute approximate surface area is 173 Å². The van der Waals surface area contributed by atoms with Crippen molar-refractivity contribution in [2.24, 2.45) is 17.3 Å². The van der Waals surface area contributed by atoms with Crippen LogP contribution in [0.5, 0.6) is 5.75 Å². The highest BCUT2D eigenvalue weighted by Gasteiger charge is 2.61. The summed E-state index contributed by atoms with van der Waals surface area (Å²) in [5.74, 6) is 4.26. The molecule has 1 unspecified atom stereocenters. The number of aryl methyl sites for hydroxylation is 1. The standard InChI is InChI=1S/C23H30O5S/c1-4-21(24)29(26,27)28-16-7-9-17-15(14-16)6-8-19-18(17)10-12-22(3)20(19)11-13-23(22,25)5-2/h2,7,9,14,18-21,24-25H,4,6,8,10-13H2,1,3H3/t18-,19-,20+,21?,22+,23+/m1/s1. The lowest BCUT2D eigenvalue weighted by Crippen LogP contribution is -2.50. The highest BCUT2D eigenvalue weighted by molar-refractivity contribution is 7.87. The van der Waals surface area contributed by atoms with Gasteiger partial charge in [0.15, 0.2) is 5.44 Å². The molecule has 2 fully saturated rings. The second-order valence-electron chi connectivity index (χ2n) is 9.21. The third kappa shape index (κ3) is 3.10. The van der Waals surface area contributed by atoms with Crippen LogP contribution in [-0.2, 0) is 16.5 Å². The molecule has 3 aliphatic rings. The predicted molar refractivity (Wildman–Crippen MR) is 111 cm³/mol. The van der Waals surface area contributed by atoms with E-state index in [-0.39, 0.29) is 17.6 Å². The molecule has 5 nitrogen and oxygen atoms in total. The van der Waals surface area contributed by atoms with E-state index < -0.39 is 21.2 Å². The molecule has 2 N–H and O–H groups in total. The van der Waals surface area contributed by atoms with Crippen molar-refractivity contribution in [2.75, 3.05) is 0 Å². The first-order valence-electron chi connectivity index (χ1n) is 10.6. The SMILES string of the molecule is C#C[C@]1(O)CC[C@H]2[C@@H]3CCc4cc(OS(=O)(=O)C(O)CC)ccc4[C@H]3CC[C@@]21C. The third-order valence-corrected chi connectivity index (χ3v) is 9.41. The quantitative estimate of drug-likeness (QED) is 0.579. The lowest BCUT2D eigenvalue weighted by molar-refractivity contribution is -0.0646. The number of benzene rings is 1. The number of aliphatic hydroxyl groups is 2. The molecule has 0 radical (unpaired) electrons. The van der Waals surface area contributed by atoms with Crippen LogP contribution in [0.4, 0.5) is 0 Å². The summed E-state index contributed by atoms with van der Waals surface area (Å²) in [7, 11) is -4.04. The number of hydrogen-bond acceptors (Lipinski definition) is 5. The topological polar surface area (TPSA) is 83.8 Å². The zero-order chi connectivity index (χ0) is 21.0. The number of terminal acetylenes is 1. The summed E-state index contributed by atoms with van der Waals surface area (Å²) in [6.07, 6.45) is 11.2. The van der Waals surface area contributed by atoms with E-state index in [1.807, 2.05) is 12.1 Å². The number of aliphatic hydroxyl groups excluding tert-OH is 1. The molecular formula is C23H30O5S. The van der Waals surface area contributed by atoms with Crippen molar-refractivity contribution in [1.82, 2.24) is 0 Å².